The van der Waals surface area contributed by atoms with Crippen LogP contribution in [-0.4, -0.2) is 32.6 Å². The number of fused-ring (bicyclic) bond motifs is 2. The molecular weight excluding hydrogens is 426 g/mol. The molecule has 0 bridgehead atoms. The number of alkyl halides is 2. The maximum Gasteiger partial charge on any atom is 0.341 e. The first-order valence-corrected chi connectivity index (χ1v) is 10.9. The molecule has 1 amide bonds. The van der Waals surface area contributed by atoms with Crippen LogP contribution in [-0.2, 0) is 17.6 Å². The van der Waals surface area contributed by atoms with Crippen LogP contribution in [0.25, 0.3) is 5.65 Å². The van der Waals surface area contributed by atoms with E-state index in [9.17, 15) is 18.4 Å². The number of carbonyl (C=O) groups is 2. The molecule has 3 aromatic heterocycles. The number of rotatable bonds is 5. The topological polar surface area (TPSA) is 85.6 Å². The Bertz CT molecular complexity index is 1170. The summed E-state index contributed by atoms with van der Waals surface area (Å²) in [6.07, 6.45) is 1.73. The molecule has 0 spiro atoms. The highest BCUT2D eigenvalue weighted by atomic mass is 32.1. The molecule has 3 heterocycles. The third kappa shape index (κ3) is 4.04. The standard InChI is InChI=1S/C21H22F2N4O3S/c1-10(2)30-21(29)16-12-6-4-5-7-15(12)31-20(16)26-19(28)13-9-24-27-14(17(22)23)8-11(3)25-18(13)27/h8-10,17H,4-7H2,1-3H3,(H,26,28). The van der Waals surface area contributed by atoms with E-state index in [2.05, 4.69) is 15.4 Å². The lowest BCUT2D eigenvalue weighted by molar-refractivity contribution is 0.0378. The van der Waals surface area contributed by atoms with Crippen LogP contribution in [0.3, 0.4) is 0 Å². The van der Waals surface area contributed by atoms with Gasteiger partial charge in [-0.3, -0.25) is 4.79 Å². The summed E-state index contributed by atoms with van der Waals surface area (Å²) in [4.78, 5) is 31.1. The number of anilines is 1. The third-order valence-corrected chi connectivity index (χ3v) is 6.25. The van der Waals surface area contributed by atoms with E-state index in [1.807, 2.05) is 0 Å². The van der Waals surface area contributed by atoms with Gasteiger partial charge in [0, 0.05) is 10.6 Å². The number of aromatic nitrogens is 3. The molecule has 0 aromatic carbocycles. The van der Waals surface area contributed by atoms with Gasteiger partial charge >= 0.3 is 5.97 Å². The number of hydrogen-bond donors (Lipinski definition) is 1. The smallest absolute Gasteiger partial charge is 0.341 e. The van der Waals surface area contributed by atoms with Crippen LogP contribution in [0.2, 0.25) is 0 Å². The van der Waals surface area contributed by atoms with E-state index < -0.39 is 18.3 Å². The van der Waals surface area contributed by atoms with E-state index in [1.165, 1.54) is 23.6 Å². The molecule has 0 unspecified atom stereocenters. The SMILES string of the molecule is Cc1cc(C(F)F)n2ncc(C(=O)Nc3sc4c(c3C(=O)OC(C)C)CCCC4)c2n1. The minimum Gasteiger partial charge on any atom is -0.459 e. The van der Waals surface area contributed by atoms with Gasteiger partial charge in [-0.05, 0) is 58.1 Å². The van der Waals surface area contributed by atoms with Gasteiger partial charge < -0.3 is 10.1 Å². The number of aryl methyl sites for hydroxylation is 2. The van der Waals surface area contributed by atoms with Gasteiger partial charge in [-0.25, -0.2) is 23.1 Å². The summed E-state index contributed by atoms with van der Waals surface area (Å²) in [6.45, 7) is 5.11. The second-order valence-electron chi connectivity index (χ2n) is 7.74. The van der Waals surface area contributed by atoms with Gasteiger partial charge in [0.25, 0.3) is 12.3 Å². The highest BCUT2D eigenvalue weighted by Gasteiger charge is 2.29. The Kier molecular flexibility index (Phi) is 5.74. The van der Waals surface area contributed by atoms with Gasteiger partial charge in [0.05, 0.1) is 17.9 Å². The average Bonchev–Trinajstić information content (AvgIpc) is 3.27. The zero-order valence-corrected chi connectivity index (χ0v) is 18.2. The van der Waals surface area contributed by atoms with Crippen molar-refractivity contribution in [3.63, 3.8) is 0 Å². The molecule has 1 aliphatic carbocycles. The lowest BCUT2D eigenvalue weighted by atomic mass is 9.95. The quantitative estimate of drug-likeness (QED) is 0.570. The van der Waals surface area contributed by atoms with Crippen molar-refractivity contribution < 1.29 is 23.1 Å². The molecule has 0 aliphatic heterocycles. The zero-order valence-electron chi connectivity index (χ0n) is 17.4. The molecule has 7 nitrogen and oxygen atoms in total. The van der Waals surface area contributed by atoms with Crippen LogP contribution in [0, 0.1) is 6.92 Å². The van der Waals surface area contributed by atoms with Gasteiger partial charge in [-0.2, -0.15) is 5.10 Å². The second-order valence-corrected chi connectivity index (χ2v) is 8.85. The van der Waals surface area contributed by atoms with Crippen molar-refractivity contribution in [2.24, 2.45) is 0 Å². The van der Waals surface area contributed by atoms with E-state index in [1.54, 1.807) is 20.8 Å². The number of amides is 1. The van der Waals surface area contributed by atoms with Gasteiger partial charge in [0.15, 0.2) is 5.65 Å². The predicted octanol–water partition coefficient (Wildman–Crippen LogP) is 4.73. The molecule has 164 valence electrons. The van der Waals surface area contributed by atoms with Gasteiger partial charge in [-0.15, -0.1) is 11.3 Å². The third-order valence-electron chi connectivity index (χ3n) is 5.04. The number of ether oxygens (including phenoxy) is 1. The van der Waals surface area contributed by atoms with Crippen molar-refractivity contribution in [3.05, 3.63) is 45.2 Å². The van der Waals surface area contributed by atoms with E-state index in [4.69, 9.17) is 4.74 Å². The molecule has 4 rings (SSSR count). The van der Waals surface area contributed by atoms with Crippen molar-refractivity contribution >= 4 is 33.9 Å². The highest BCUT2D eigenvalue weighted by Crippen LogP contribution is 2.39. The molecular formula is C21H22F2N4O3S. The van der Waals surface area contributed by atoms with Gasteiger partial charge in [-0.1, -0.05) is 0 Å². The summed E-state index contributed by atoms with van der Waals surface area (Å²) >= 11 is 1.36. The first kappa shape index (κ1) is 21.4. The molecule has 31 heavy (non-hydrogen) atoms. The highest BCUT2D eigenvalue weighted by molar-refractivity contribution is 7.17. The Morgan fingerprint density at radius 2 is 2.00 bits per heavy atom. The Morgan fingerprint density at radius 1 is 1.26 bits per heavy atom. The van der Waals surface area contributed by atoms with E-state index >= 15 is 0 Å². The van der Waals surface area contributed by atoms with Gasteiger partial charge in [0.2, 0.25) is 0 Å². The Morgan fingerprint density at radius 3 is 2.71 bits per heavy atom. The fraction of sp³-hybridized carbons (Fsp3) is 0.429. The number of esters is 1. The van der Waals surface area contributed by atoms with E-state index in [-0.39, 0.29) is 23.0 Å². The van der Waals surface area contributed by atoms with Crippen molar-refractivity contribution in [3.8, 4) is 0 Å². The fourth-order valence-corrected chi connectivity index (χ4v) is 5.01. The lowest BCUT2D eigenvalue weighted by Gasteiger charge is -2.14. The molecule has 1 aliphatic rings. The van der Waals surface area contributed by atoms with E-state index in [0.29, 0.717) is 16.3 Å². The number of carbonyl (C=O) groups excluding carboxylic acids is 2. The van der Waals surface area contributed by atoms with Crippen LogP contribution in [0.5, 0.6) is 0 Å². The average molecular weight is 448 g/mol. The van der Waals surface area contributed by atoms with Crippen LogP contribution in [0.1, 0.15) is 75.7 Å². The minimum atomic E-state index is -2.76. The second kappa shape index (κ2) is 8.33. The Hall–Kier alpha value is -2.88. The molecule has 3 aromatic rings. The van der Waals surface area contributed by atoms with Crippen LogP contribution in [0.15, 0.2) is 12.3 Å². The summed E-state index contributed by atoms with van der Waals surface area (Å²) in [5.41, 5.74) is 1.42. The number of nitrogens with zero attached hydrogens (tertiary/aromatic N) is 3. The maximum absolute atomic E-state index is 13.4. The lowest BCUT2D eigenvalue weighted by Crippen LogP contribution is -2.18. The summed E-state index contributed by atoms with van der Waals surface area (Å²) in [5.74, 6) is -1.04. The van der Waals surface area contributed by atoms with Crippen molar-refractivity contribution in [2.75, 3.05) is 5.32 Å². The van der Waals surface area contributed by atoms with Crippen molar-refractivity contribution in [1.29, 1.82) is 0 Å². The van der Waals surface area contributed by atoms with Gasteiger partial charge in [0.1, 0.15) is 16.3 Å². The largest absolute Gasteiger partial charge is 0.459 e. The molecule has 0 atom stereocenters. The summed E-state index contributed by atoms with van der Waals surface area (Å²) in [7, 11) is 0. The number of thiophene rings is 1. The number of nitrogens with one attached hydrogen (secondary N) is 1. The molecule has 0 saturated carbocycles. The predicted molar refractivity (Wildman–Crippen MR) is 112 cm³/mol. The summed E-state index contributed by atoms with van der Waals surface area (Å²) in [6, 6.07) is 1.24. The minimum absolute atomic E-state index is 0.0421. The van der Waals surface area contributed by atoms with Crippen molar-refractivity contribution in [2.45, 2.75) is 59.0 Å². The molecule has 0 radical (unpaired) electrons. The Balaban J connectivity index is 1.73. The molecule has 0 fully saturated rings. The summed E-state index contributed by atoms with van der Waals surface area (Å²) < 4.78 is 33.1. The van der Waals surface area contributed by atoms with Crippen molar-refractivity contribution in [1.82, 2.24) is 14.6 Å². The molecule has 0 saturated heterocycles. The summed E-state index contributed by atoms with van der Waals surface area (Å²) in [5, 5.41) is 7.12. The van der Waals surface area contributed by atoms with Crippen LogP contribution >= 0.6 is 11.3 Å². The normalized spacial score (nSPS) is 13.6. The fourth-order valence-electron chi connectivity index (χ4n) is 3.74. The first-order valence-electron chi connectivity index (χ1n) is 10.1. The molecule has 1 N–H and O–H groups in total. The number of hydrogen-bond acceptors (Lipinski definition) is 6. The molecule has 10 heteroatoms. The Labute approximate surface area is 181 Å². The monoisotopic (exact) mass is 448 g/mol. The van der Waals surface area contributed by atoms with E-state index in [0.717, 1.165) is 40.6 Å². The number of halogens is 2. The first-order chi connectivity index (χ1) is 14.8. The van der Waals surface area contributed by atoms with Crippen LogP contribution in [0.4, 0.5) is 13.8 Å². The van der Waals surface area contributed by atoms with Crippen LogP contribution < -0.4 is 5.32 Å². The maximum atomic E-state index is 13.4. The zero-order chi connectivity index (χ0) is 22.3.